The van der Waals surface area contributed by atoms with Crippen LogP contribution in [0.2, 0.25) is 0 Å². The summed E-state index contributed by atoms with van der Waals surface area (Å²) >= 11 is 0. The maximum atomic E-state index is 12.2. The molecule has 2 atom stereocenters. The molecule has 1 fully saturated rings. The predicted octanol–water partition coefficient (Wildman–Crippen LogP) is 4.83. The summed E-state index contributed by atoms with van der Waals surface area (Å²) in [7, 11) is 0. The summed E-state index contributed by atoms with van der Waals surface area (Å²) in [6, 6.07) is 10.2. The molecule has 1 heterocycles. The van der Waals surface area contributed by atoms with Crippen molar-refractivity contribution in [2.75, 3.05) is 13.1 Å². The highest BCUT2D eigenvalue weighted by molar-refractivity contribution is 5.61. The zero-order chi connectivity index (χ0) is 19.9. The van der Waals surface area contributed by atoms with Crippen molar-refractivity contribution in [3.05, 3.63) is 35.9 Å². The fraction of sp³-hybridized carbons (Fsp3) is 0.696. The fourth-order valence-electron chi connectivity index (χ4n) is 4.52. The lowest BCUT2D eigenvalue weighted by Crippen LogP contribution is -2.75. The summed E-state index contributed by atoms with van der Waals surface area (Å²) < 4.78 is 0. The minimum Gasteiger partial charge on any atom is -0.302 e. The lowest BCUT2D eigenvalue weighted by Gasteiger charge is -2.61. The van der Waals surface area contributed by atoms with E-state index < -0.39 is 0 Å². The standard InChI is InChI=1S/C23H38N2O2/c1-6-10-16-24-19-23(8-3,9-4)25(22(5,7-2)21(24)17-26)27-18-20-14-12-11-13-15-20/h11-15,17,21H,6-10,16,18-19H2,1-5H3. The van der Waals surface area contributed by atoms with Crippen LogP contribution in [-0.2, 0) is 16.2 Å². The Labute approximate surface area is 165 Å². The van der Waals surface area contributed by atoms with E-state index in [1.165, 1.54) is 0 Å². The number of carbonyl (C=O) groups excluding carboxylic acids is 1. The molecular formula is C23H38N2O2. The minimum atomic E-state index is -0.339. The van der Waals surface area contributed by atoms with E-state index in [-0.39, 0.29) is 17.1 Å². The molecule has 0 bridgehead atoms. The lowest BCUT2D eigenvalue weighted by molar-refractivity contribution is -0.319. The second kappa shape index (κ2) is 9.81. The molecular weight excluding hydrogens is 336 g/mol. The van der Waals surface area contributed by atoms with Gasteiger partial charge in [-0.3, -0.25) is 9.74 Å². The molecule has 1 aliphatic rings. The average Bonchev–Trinajstić information content (AvgIpc) is 2.71. The highest BCUT2D eigenvalue weighted by Gasteiger charge is 2.55. The third-order valence-electron chi connectivity index (χ3n) is 6.59. The number of hydrogen-bond acceptors (Lipinski definition) is 4. The van der Waals surface area contributed by atoms with Crippen molar-refractivity contribution in [1.29, 1.82) is 0 Å². The number of aldehydes is 1. The molecule has 4 heteroatoms. The lowest BCUT2D eigenvalue weighted by atomic mass is 9.77. The summed E-state index contributed by atoms with van der Waals surface area (Å²) in [5.41, 5.74) is 0.745. The maximum absolute atomic E-state index is 12.2. The molecule has 2 rings (SSSR count). The number of piperazine rings is 1. The van der Waals surface area contributed by atoms with Gasteiger partial charge in [-0.1, -0.05) is 64.4 Å². The van der Waals surface area contributed by atoms with Gasteiger partial charge >= 0.3 is 0 Å². The summed E-state index contributed by atoms with van der Waals surface area (Å²) in [5.74, 6) is 0. The van der Waals surface area contributed by atoms with Crippen molar-refractivity contribution in [1.82, 2.24) is 9.96 Å². The number of hydrogen-bond donors (Lipinski definition) is 0. The van der Waals surface area contributed by atoms with Gasteiger partial charge in [0.1, 0.15) is 6.29 Å². The van der Waals surface area contributed by atoms with Gasteiger partial charge in [0, 0.05) is 6.54 Å². The Hall–Kier alpha value is -1.23. The van der Waals surface area contributed by atoms with E-state index in [1.807, 2.05) is 18.2 Å². The molecule has 1 aliphatic heterocycles. The smallest absolute Gasteiger partial charge is 0.139 e. The van der Waals surface area contributed by atoms with Crippen LogP contribution in [0.1, 0.15) is 72.3 Å². The molecule has 0 radical (unpaired) electrons. The van der Waals surface area contributed by atoms with Gasteiger partial charge in [-0.2, -0.15) is 5.06 Å². The van der Waals surface area contributed by atoms with Crippen molar-refractivity contribution in [3.63, 3.8) is 0 Å². The van der Waals surface area contributed by atoms with Gasteiger partial charge < -0.3 is 4.79 Å². The van der Waals surface area contributed by atoms with Crippen molar-refractivity contribution in [2.45, 2.75) is 90.4 Å². The van der Waals surface area contributed by atoms with Crippen LogP contribution in [-0.4, -0.2) is 46.5 Å². The Morgan fingerprint density at radius 3 is 2.30 bits per heavy atom. The highest BCUT2D eigenvalue weighted by Crippen LogP contribution is 2.42. The maximum Gasteiger partial charge on any atom is 0.139 e. The highest BCUT2D eigenvalue weighted by atomic mass is 16.7. The molecule has 0 N–H and O–H groups in total. The first kappa shape index (κ1) is 22.1. The summed E-state index contributed by atoms with van der Waals surface area (Å²) in [4.78, 5) is 21.1. The van der Waals surface area contributed by atoms with E-state index in [4.69, 9.17) is 4.84 Å². The van der Waals surface area contributed by atoms with Gasteiger partial charge in [-0.05, 0) is 44.7 Å². The molecule has 0 aromatic heterocycles. The van der Waals surface area contributed by atoms with Crippen LogP contribution >= 0.6 is 0 Å². The van der Waals surface area contributed by atoms with Crippen LogP contribution < -0.4 is 0 Å². The summed E-state index contributed by atoms with van der Waals surface area (Å²) in [5, 5.41) is 2.22. The monoisotopic (exact) mass is 374 g/mol. The van der Waals surface area contributed by atoms with Gasteiger partial charge in [0.25, 0.3) is 0 Å². The number of carbonyl (C=O) groups is 1. The fourth-order valence-corrected chi connectivity index (χ4v) is 4.52. The zero-order valence-corrected chi connectivity index (χ0v) is 17.9. The second-order valence-electron chi connectivity index (χ2n) is 8.10. The third kappa shape index (κ3) is 4.44. The molecule has 0 spiro atoms. The van der Waals surface area contributed by atoms with Crippen molar-refractivity contribution in [2.24, 2.45) is 0 Å². The molecule has 1 aromatic carbocycles. The number of unbranched alkanes of at least 4 members (excludes halogenated alkanes) is 1. The summed E-state index contributed by atoms with van der Waals surface area (Å²) in [6.45, 7) is 13.5. The Balaban J connectivity index is 2.37. The molecule has 152 valence electrons. The van der Waals surface area contributed by atoms with Crippen molar-refractivity contribution < 1.29 is 9.63 Å². The van der Waals surface area contributed by atoms with Crippen LogP contribution in [0.5, 0.6) is 0 Å². The van der Waals surface area contributed by atoms with E-state index in [1.54, 1.807) is 0 Å². The van der Waals surface area contributed by atoms with Crippen LogP contribution in [0, 0.1) is 0 Å². The first-order chi connectivity index (χ1) is 13.0. The Kier molecular flexibility index (Phi) is 8.02. The molecule has 27 heavy (non-hydrogen) atoms. The number of hydroxylamine groups is 2. The molecule has 1 saturated heterocycles. The van der Waals surface area contributed by atoms with Gasteiger partial charge in [-0.15, -0.1) is 0 Å². The van der Waals surface area contributed by atoms with E-state index in [2.05, 4.69) is 56.7 Å². The molecule has 0 aliphatic carbocycles. The van der Waals surface area contributed by atoms with Gasteiger partial charge in [0.2, 0.25) is 0 Å². The number of nitrogens with zero attached hydrogens (tertiary/aromatic N) is 2. The van der Waals surface area contributed by atoms with E-state index in [0.717, 1.165) is 57.0 Å². The van der Waals surface area contributed by atoms with Crippen LogP contribution in [0.15, 0.2) is 30.3 Å². The zero-order valence-electron chi connectivity index (χ0n) is 17.9. The van der Waals surface area contributed by atoms with Crippen LogP contribution in [0.4, 0.5) is 0 Å². The van der Waals surface area contributed by atoms with Gasteiger partial charge in [-0.25, -0.2) is 0 Å². The number of rotatable bonds is 10. The first-order valence-corrected chi connectivity index (χ1v) is 10.7. The second-order valence-corrected chi connectivity index (χ2v) is 8.10. The van der Waals surface area contributed by atoms with Crippen molar-refractivity contribution >= 4 is 6.29 Å². The van der Waals surface area contributed by atoms with E-state index in [9.17, 15) is 4.79 Å². The van der Waals surface area contributed by atoms with Crippen LogP contribution in [0.25, 0.3) is 0 Å². The van der Waals surface area contributed by atoms with Crippen molar-refractivity contribution in [3.8, 4) is 0 Å². The van der Waals surface area contributed by atoms with E-state index in [0.29, 0.717) is 6.61 Å². The number of benzene rings is 1. The molecule has 2 unspecified atom stereocenters. The van der Waals surface area contributed by atoms with Crippen LogP contribution in [0.3, 0.4) is 0 Å². The molecule has 1 aromatic rings. The third-order valence-corrected chi connectivity index (χ3v) is 6.59. The molecule has 4 nitrogen and oxygen atoms in total. The Bertz CT molecular complexity index is 573. The normalized spacial score (nSPS) is 26.2. The molecule has 0 saturated carbocycles. The predicted molar refractivity (Wildman–Crippen MR) is 111 cm³/mol. The topological polar surface area (TPSA) is 32.8 Å². The SMILES string of the molecule is CCCCN1CC(CC)(CC)N(OCc2ccccc2)C(C)(CC)C1C=O. The largest absolute Gasteiger partial charge is 0.302 e. The van der Waals surface area contributed by atoms with Gasteiger partial charge in [0.05, 0.1) is 23.7 Å². The Morgan fingerprint density at radius 2 is 1.78 bits per heavy atom. The van der Waals surface area contributed by atoms with E-state index >= 15 is 0 Å². The summed E-state index contributed by atoms with van der Waals surface area (Å²) in [6.07, 6.45) is 6.29. The van der Waals surface area contributed by atoms with Gasteiger partial charge in [0.15, 0.2) is 0 Å². The molecule has 0 amide bonds. The first-order valence-electron chi connectivity index (χ1n) is 10.7. The minimum absolute atomic E-state index is 0.0766. The Morgan fingerprint density at radius 1 is 1.11 bits per heavy atom. The quantitative estimate of drug-likeness (QED) is 0.549. The average molecular weight is 375 g/mol.